The van der Waals surface area contributed by atoms with Crippen molar-refractivity contribution in [1.29, 1.82) is 0 Å². The van der Waals surface area contributed by atoms with Gasteiger partial charge in [-0.1, -0.05) is 11.8 Å². The molecule has 0 saturated heterocycles. The largest absolute Gasteiger partial charge is 0.496 e. The van der Waals surface area contributed by atoms with E-state index in [1.807, 2.05) is 0 Å². The third-order valence-corrected chi connectivity index (χ3v) is 2.77. The van der Waals surface area contributed by atoms with E-state index in [2.05, 4.69) is 11.8 Å². The van der Waals surface area contributed by atoms with Crippen molar-refractivity contribution in [1.82, 2.24) is 0 Å². The second kappa shape index (κ2) is 9.35. The summed E-state index contributed by atoms with van der Waals surface area (Å²) in [6.07, 6.45) is 3.17. The quantitative estimate of drug-likeness (QED) is 0.459. The van der Waals surface area contributed by atoms with Crippen LogP contribution in [0.15, 0.2) is 24.3 Å². The van der Waals surface area contributed by atoms with E-state index >= 15 is 0 Å². The first kappa shape index (κ1) is 17.4. The van der Waals surface area contributed by atoms with Crippen molar-refractivity contribution in [2.24, 2.45) is 0 Å². The lowest BCUT2D eigenvalue weighted by atomic mass is 10.1. The van der Waals surface area contributed by atoms with Crippen molar-refractivity contribution in [3.63, 3.8) is 0 Å². The molecule has 0 N–H and O–H groups in total. The van der Waals surface area contributed by atoms with Gasteiger partial charge in [0.1, 0.15) is 17.2 Å². The van der Waals surface area contributed by atoms with Gasteiger partial charge in [-0.15, -0.1) is 0 Å². The molecule has 118 valence electrons. The molecule has 0 spiro atoms. The molecule has 0 atom stereocenters. The first-order chi connectivity index (χ1) is 10.7. The number of allylic oxidation sites excluding steroid dienone is 1. The molecule has 5 heteroatoms. The molecule has 0 aliphatic rings. The molecule has 0 aromatic heterocycles. The summed E-state index contributed by atoms with van der Waals surface area (Å²) in [4.78, 5) is 11.1. The molecule has 0 unspecified atom stereocenters. The van der Waals surface area contributed by atoms with Gasteiger partial charge in [-0.3, -0.25) is 0 Å². The first-order valence-corrected chi connectivity index (χ1v) is 6.76. The Morgan fingerprint density at radius 1 is 1.14 bits per heavy atom. The van der Waals surface area contributed by atoms with Crippen molar-refractivity contribution in [3.05, 3.63) is 29.8 Å². The van der Waals surface area contributed by atoms with Gasteiger partial charge in [0.15, 0.2) is 0 Å². The van der Waals surface area contributed by atoms with Crippen LogP contribution in [0.3, 0.4) is 0 Å². The van der Waals surface area contributed by atoms with E-state index in [4.69, 9.17) is 18.9 Å². The zero-order valence-corrected chi connectivity index (χ0v) is 13.3. The normalized spacial score (nSPS) is 9.82. The van der Waals surface area contributed by atoms with Gasteiger partial charge in [-0.05, 0) is 13.0 Å². The minimum Gasteiger partial charge on any atom is -0.496 e. The molecule has 1 aromatic rings. The van der Waals surface area contributed by atoms with Gasteiger partial charge in [-0.2, -0.15) is 0 Å². The van der Waals surface area contributed by atoms with E-state index < -0.39 is 5.97 Å². The molecule has 5 nitrogen and oxygen atoms in total. The van der Waals surface area contributed by atoms with Crippen LogP contribution in [0.25, 0.3) is 0 Å². The highest BCUT2D eigenvalue weighted by atomic mass is 16.5. The minimum absolute atomic E-state index is 0.344. The summed E-state index contributed by atoms with van der Waals surface area (Å²) in [5.41, 5.74) is 0.822. The van der Waals surface area contributed by atoms with Crippen LogP contribution >= 0.6 is 0 Å². The lowest BCUT2D eigenvalue weighted by Crippen LogP contribution is -1.98. The molecule has 0 heterocycles. The summed E-state index contributed by atoms with van der Waals surface area (Å²) < 4.78 is 20.6. The Balaban J connectivity index is 2.87. The fourth-order valence-corrected chi connectivity index (χ4v) is 1.75. The molecular formula is C17H20O5. The Labute approximate surface area is 130 Å². The van der Waals surface area contributed by atoms with Gasteiger partial charge in [0.25, 0.3) is 0 Å². The number of esters is 1. The van der Waals surface area contributed by atoms with Crippen LogP contribution in [0.2, 0.25) is 0 Å². The third kappa shape index (κ3) is 5.06. The Bertz CT molecular complexity index is 568. The predicted molar refractivity (Wildman–Crippen MR) is 83.4 cm³/mol. The van der Waals surface area contributed by atoms with E-state index in [-0.39, 0.29) is 0 Å². The maximum atomic E-state index is 11.1. The average Bonchev–Trinajstić information content (AvgIpc) is 2.54. The minimum atomic E-state index is -0.406. The van der Waals surface area contributed by atoms with Crippen molar-refractivity contribution in [2.45, 2.75) is 13.3 Å². The maximum absolute atomic E-state index is 11.1. The van der Waals surface area contributed by atoms with Crippen molar-refractivity contribution < 1.29 is 23.7 Å². The van der Waals surface area contributed by atoms with Crippen LogP contribution < -0.4 is 14.2 Å². The fraction of sp³-hybridized carbons (Fsp3) is 0.353. The Hall–Kier alpha value is -2.61. The van der Waals surface area contributed by atoms with Gasteiger partial charge >= 0.3 is 5.97 Å². The number of benzene rings is 1. The SMILES string of the molecule is CCOC(=O)/C=C\C#CCc1c(OC)cc(OC)cc1OC. The average molecular weight is 304 g/mol. The summed E-state index contributed by atoms with van der Waals surface area (Å²) in [6.45, 7) is 2.09. The van der Waals surface area contributed by atoms with Crippen LogP contribution in [-0.4, -0.2) is 33.9 Å². The van der Waals surface area contributed by atoms with E-state index in [9.17, 15) is 4.79 Å². The second-order valence-corrected chi connectivity index (χ2v) is 4.09. The third-order valence-electron chi connectivity index (χ3n) is 2.77. The van der Waals surface area contributed by atoms with E-state index in [1.165, 1.54) is 12.2 Å². The van der Waals surface area contributed by atoms with Gasteiger partial charge in [0.2, 0.25) is 0 Å². The first-order valence-electron chi connectivity index (χ1n) is 6.76. The Morgan fingerprint density at radius 3 is 2.27 bits per heavy atom. The second-order valence-electron chi connectivity index (χ2n) is 4.09. The highest BCUT2D eigenvalue weighted by Gasteiger charge is 2.11. The van der Waals surface area contributed by atoms with Crippen molar-refractivity contribution in [3.8, 4) is 29.1 Å². The lowest BCUT2D eigenvalue weighted by molar-refractivity contribution is -0.137. The smallest absolute Gasteiger partial charge is 0.331 e. The molecule has 0 fully saturated rings. The monoisotopic (exact) mass is 304 g/mol. The summed E-state index contributed by atoms with van der Waals surface area (Å²) in [5.74, 6) is 7.24. The number of hydrogen-bond donors (Lipinski definition) is 0. The van der Waals surface area contributed by atoms with Crippen molar-refractivity contribution >= 4 is 5.97 Å². The number of methoxy groups -OCH3 is 3. The fourth-order valence-electron chi connectivity index (χ4n) is 1.75. The topological polar surface area (TPSA) is 54.0 Å². The molecule has 22 heavy (non-hydrogen) atoms. The van der Waals surface area contributed by atoms with Crippen LogP contribution in [0, 0.1) is 11.8 Å². The standard InChI is InChI=1S/C17H20O5/c1-5-22-17(18)10-8-6-7-9-14-15(20-3)11-13(19-2)12-16(14)21-4/h8,10-12H,5,9H2,1-4H3/b10-8-. The zero-order valence-electron chi connectivity index (χ0n) is 13.3. The van der Waals surface area contributed by atoms with E-state index in [0.717, 1.165) is 5.56 Å². The van der Waals surface area contributed by atoms with Gasteiger partial charge in [0, 0.05) is 30.2 Å². The lowest BCUT2D eigenvalue weighted by Gasteiger charge is -2.13. The summed E-state index contributed by atoms with van der Waals surface area (Å²) in [6, 6.07) is 3.54. The molecule has 0 amide bonds. The molecular weight excluding hydrogens is 284 g/mol. The Kier molecular flexibility index (Phi) is 7.41. The Morgan fingerprint density at radius 2 is 1.77 bits per heavy atom. The number of ether oxygens (including phenoxy) is 4. The number of rotatable bonds is 6. The number of hydrogen-bond acceptors (Lipinski definition) is 5. The van der Waals surface area contributed by atoms with Gasteiger partial charge in [-0.25, -0.2) is 4.79 Å². The van der Waals surface area contributed by atoms with Gasteiger partial charge in [0.05, 0.1) is 27.9 Å². The molecule has 0 saturated carbocycles. The van der Waals surface area contributed by atoms with Crippen LogP contribution in [0.4, 0.5) is 0 Å². The van der Waals surface area contributed by atoms with Crippen LogP contribution in [-0.2, 0) is 16.0 Å². The summed E-state index contributed by atoms with van der Waals surface area (Å²) in [7, 11) is 4.73. The van der Waals surface area contributed by atoms with Crippen molar-refractivity contribution in [2.75, 3.05) is 27.9 Å². The van der Waals surface area contributed by atoms with E-state index in [1.54, 1.807) is 40.4 Å². The summed E-state index contributed by atoms with van der Waals surface area (Å²) >= 11 is 0. The highest BCUT2D eigenvalue weighted by Crippen LogP contribution is 2.34. The molecule has 1 aromatic carbocycles. The van der Waals surface area contributed by atoms with Crippen LogP contribution in [0.1, 0.15) is 12.5 Å². The van der Waals surface area contributed by atoms with E-state index in [0.29, 0.717) is 30.3 Å². The summed E-state index contributed by atoms with van der Waals surface area (Å²) in [5, 5.41) is 0. The molecule has 0 aliphatic carbocycles. The highest BCUT2D eigenvalue weighted by molar-refractivity contribution is 5.82. The molecule has 1 rings (SSSR count). The van der Waals surface area contributed by atoms with Gasteiger partial charge < -0.3 is 18.9 Å². The number of carbonyl (C=O) groups is 1. The number of carbonyl (C=O) groups excluding carboxylic acids is 1. The van der Waals surface area contributed by atoms with Crippen LogP contribution in [0.5, 0.6) is 17.2 Å². The predicted octanol–water partition coefficient (Wildman–Crippen LogP) is 2.38. The molecule has 0 bridgehead atoms. The zero-order chi connectivity index (χ0) is 16.4. The molecule has 0 aliphatic heterocycles. The maximum Gasteiger partial charge on any atom is 0.331 e. The molecule has 0 radical (unpaired) electrons.